The van der Waals surface area contributed by atoms with Gasteiger partial charge < -0.3 is 19.9 Å². The number of rotatable bonds is 3. The van der Waals surface area contributed by atoms with Crippen molar-refractivity contribution in [2.24, 2.45) is 0 Å². The number of carbonyl (C=O) groups excluding carboxylic acids is 1. The molecule has 2 N–H and O–H groups in total. The zero-order valence-corrected chi connectivity index (χ0v) is 13.4. The second kappa shape index (κ2) is 6.46. The van der Waals surface area contributed by atoms with Gasteiger partial charge in [-0.25, -0.2) is 4.79 Å². The number of urea groups is 1. The van der Waals surface area contributed by atoms with Crippen molar-refractivity contribution in [1.29, 1.82) is 0 Å². The zero-order valence-electron chi connectivity index (χ0n) is 13.4. The van der Waals surface area contributed by atoms with Crippen molar-refractivity contribution in [3.63, 3.8) is 0 Å². The summed E-state index contributed by atoms with van der Waals surface area (Å²) in [5.74, 6) is 0. The van der Waals surface area contributed by atoms with Gasteiger partial charge >= 0.3 is 12.2 Å². The van der Waals surface area contributed by atoms with Gasteiger partial charge in [-0.1, -0.05) is 0 Å². The van der Waals surface area contributed by atoms with E-state index >= 15 is 0 Å². The average Bonchev–Trinajstić information content (AvgIpc) is 2.91. The van der Waals surface area contributed by atoms with Crippen molar-refractivity contribution in [2.45, 2.75) is 51.1 Å². The Morgan fingerprint density at radius 1 is 1.42 bits per heavy atom. The lowest BCUT2D eigenvalue weighted by atomic mass is 9.97. The number of hydrogen-bond acceptors (Lipinski definition) is 3. The van der Waals surface area contributed by atoms with E-state index in [0.29, 0.717) is 24.0 Å². The van der Waals surface area contributed by atoms with E-state index in [1.54, 1.807) is 13.8 Å². The van der Waals surface area contributed by atoms with Gasteiger partial charge in [0.25, 0.3) is 5.56 Å². The zero-order chi connectivity index (χ0) is 18.1. The summed E-state index contributed by atoms with van der Waals surface area (Å²) in [6.45, 7) is 2.15. The van der Waals surface area contributed by atoms with Gasteiger partial charge in [-0.05, 0) is 38.8 Å². The number of likely N-dealkylation sites (tertiary alicyclic amines) is 1. The molecule has 1 saturated heterocycles. The highest BCUT2D eigenvalue weighted by Crippen LogP contribution is 2.27. The lowest BCUT2D eigenvalue weighted by Gasteiger charge is -2.33. The molecule has 0 bridgehead atoms. The Bertz CT molecular complexity index is 664. The van der Waals surface area contributed by atoms with Crippen LogP contribution < -0.4 is 10.9 Å². The van der Waals surface area contributed by atoms with Crippen molar-refractivity contribution in [3.05, 3.63) is 28.7 Å². The smallest absolute Gasteiger partial charge is 0.388 e. The average molecular weight is 347 g/mol. The molecule has 0 aliphatic carbocycles. The van der Waals surface area contributed by atoms with Crippen molar-refractivity contribution in [3.8, 4) is 0 Å². The minimum Gasteiger partial charge on any atom is -0.388 e. The van der Waals surface area contributed by atoms with Crippen LogP contribution in [-0.4, -0.2) is 45.0 Å². The molecule has 24 heavy (non-hydrogen) atoms. The summed E-state index contributed by atoms with van der Waals surface area (Å²) in [4.78, 5) is 25.8. The van der Waals surface area contributed by atoms with Gasteiger partial charge in [0.2, 0.25) is 0 Å². The molecular formula is C15H20F3N3O3. The van der Waals surface area contributed by atoms with Crippen LogP contribution in [0, 0.1) is 0 Å². The summed E-state index contributed by atoms with van der Waals surface area (Å²) < 4.78 is 37.9. The van der Waals surface area contributed by atoms with Crippen molar-refractivity contribution in [1.82, 2.24) is 9.47 Å². The second-order valence-electron chi connectivity index (χ2n) is 6.41. The number of hydrogen-bond donors (Lipinski definition) is 2. The predicted molar refractivity (Wildman–Crippen MR) is 81.8 cm³/mol. The highest BCUT2D eigenvalue weighted by molar-refractivity contribution is 5.89. The Kier molecular flexibility index (Phi) is 4.93. The molecule has 1 unspecified atom stereocenters. The largest absolute Gasteiger partial charge is 0.406 e. The predicted octanol–water partition coefficient (Wildman–Crippen LogP) is 2.18. The number of alkyl halides is 3. The standard InChI is InChI=1S/C15H20F3N3O3/c1-14(2,24)11-6-4-8-21(11)13(23)19-10-5-3-7-20(12(10)22)9-15(16,17)18/h3,5,7,11,24H,4,6,8-9H2,1-2H3,(H,19,23). The van der Waals surface area contributed by atoms with Crippen LogP contribution in [0.1, 0.15) is 26.7 Å². The number of nitrogens with one attached hydrogen (secondary N) is 1. The Labute approximate surface area is 136 Å². The van der Waals surface area contributed by atoms with Gasteiger partial charge in [-0.15, -0.1) is 0 Å². The van der Waals surface area contributed by atoms with Crippen LogP contribution in [0.3, 0.4) is 0 Å². The van der Waals surface area contributed by atoms with Gasteiger partial charge in [-0.3, -0.25) is 4.79 Å². The molecule has 0 saturated carbocycles. The molecule has 0 aromatic carbocycles. The van der Waals surface area contributed by atoms with Crippen molar-refractivity contribution < 1.29 is 23.1 Å². The van der Waals surface area contributed by atoms with E-state index in [1.807, 2.05) is 0 Å². The molecule has 2 rings (SSSR count). The molecule has 0 spiro atoms. The first kappa shape index (κ1) is 18.3. The third-order valence-corrected chi connectivity index (χ3v) is 3.94. The summed E-state index contributed by atoms with van der Waals surface area (Å²) in [6.07, 6.45) is -2.20. The van der Waals surface area contributed by atoms with E-state index in [0.717, 1.165) is 6.20 Å². The minimum atomic E-state index is -4.53. The van der Waals surface area contributed by atoms with Crippen LogP contribution in [-0.2, 0) is 6.54 Å². The monoisotopic (exact) mass is 347 g/mol. The topological polar surface area (TPSA) is 74.6 Å². The second-order valence-corrected chi connectivity index (χ2v) is 6.41. The van der Waals surface area contributed by atoms with Crippen LogP contribution in [0.5, 0.6) is 0 Å². The van der Waals surface area contributed by atoms with Crippen molar-refractivity contribution >= 4 is 11.7 Å². The SMILES string of the molecule is CC(C)(O)C1CCCN1C(=O)Nc1cccn(CC(F)(F)F)c1=O. The molecule has 6 nitrogen and oxygen atoms in total. The normalized spacial score (nSPS) is 18.8. The van der Waals surface area contributed by atoms with Gasteiger partial charge in [0, 0.05) is 12.7 Å². The fourth-order valence-corrected chi connectivity index (χ4v) is 2.88. The lowest BCUT2D eigenvalue weighted by Crippen LogP contribution is -2.50. The van der Waals surface area contributed by atoms with Crippen LogP contribution in [0.4, 0.5) is 23.7 Å². The molecule has 0 radical (unpaired) electrons. The molecule has 1 aromatic heterocycles. The number of halogens is 3. The number of amides is 2. The molecule has 134 valence electrons. The highest BCUT2D eigenvalue weighted by atomic mass is 19.4. The summed E-state index contributed by atoms with van der Waals surface area (Å²) >= 11 is 0. The van der Waals surface area contributed by atoms with E-state index in [-0.39, 0.29) is 5.69 Å². The lowest BCUT2D eigenvalue weighted by molar-refractivity contribution is -0.141. The molecule has 9 heteroatoms. The summed E-state index contributed by atoms with van der Waals surface area (Å²) in [5.41, 5.74) is -2.27. The molecular weight excluding hydrogens is 327 g/mol. The molecule has 1 aliphatic rings. The Balaban J connectivity index is 2.18. The van der Waals surface area contributed by atoms with Crippen LogP contribution in [0.25, 0.3) is 0 Å². The van der Waals surface area contributed by atoms with Crippen LogP contribution >= 0.6 is 0 Å². The summed E-state index contributed by atoms with van der Waals surface area (Å²) in [7, 11) is 0. The fraction of sp³-hybridized carbons (Fsp3) is 0.600. The third kappa shape index (κ3) is 4.28. The Morgan fingerprint density at radius 2 is 2.08 bits per heavy atom. The maximum Gasteiger partial charge on any atom is 0.406 e. The number of aromatic nitrogens is 1. The minimum absolute atomic E-state index is 0.229. The fourth-order valence-electron chi connectivity index (χ4n) is 2.88. The van der Waals surface area contributed by atoms with Crippen LogP contribution in [0.2, 0.25) is 0 Å². The van der Waals surface area contributed by atoms with Gasteiger partial charge in [0.1, 0.15) is 12.2 Å². The number of carbonyl (C=O) groups is 1. The Hall–Kier alpha value is -2.03. The van der Waals surface area contributed by atoms with E-state index in [2.05, 4.69) is 5.32 Å². The van der Waals surface area contributed by atoms with Gasteiger partial charge in [0.05, 0.1) is 11.6 Å². The maximum atomic E-state index is 12.5. The van der Waals surface area contributed by atoms with E-state index in [9.17, 15) is 27.9 Å². The summed E-state index contributed by atoms with van der Waals surface area (Å²) in [6, 6.07) is 1.49. The maximum absolute atomic E-state index is 12.5. The Morgan fingerprint density at radius 3 is 2.67 bits per heavy atom. The van der Waals surface area contributed by atoms with E-state index in [4.69, 9.17) is 0 Å². The number of pyridine rings is 1. The molecule has 2 heterocycles. The first-order valence-corrected chi connectivity index (χ1v) is 7.55. The quantitative estimate of drug-likeness (QED) is 0.880. The van der Waals surface area contributed by atoms with E-state index in [1.165, 1.54) is 17.0 Å². The number of nitrogens with zero attached hydrogens (tertiary/aromatic N) is 2. The van der Waals surface area contributed by atoms with Crippen LogP contribution in [0.15, 0.2) is 23.1 Å². The molecule has 2 amide bonds. The molecule has 1 atom stereocenters. The van der Waals surface area contributed by atoms with E-state index < -0.39 is 36.0 Å². The first-order chi connectivity index (χ1) is 11.0. The van der Waals surface area contributed by atoms with Crippen molar-refractivity contribution in [2.75, 3.05) is 11.9 Å². The summed E-state index contributed by atoms with van der Waals surface area (Å²) in [5, 5.41) is 12.5. The highest BCUT2D eigenvalue weighted by Gasteiger charge is 2.38. The molecule has 1 aliphatic heterocycles. The molecule has 1 fully saturated rings. The first-order valence-electron chi connectivity index (χ1n) is 7.55. The number of anilines is 1. The van der Waals surface area contributed by atoms with Gasteiger partial charge in [-0.2, -0.15) is 13.2 Å². The van der Waals surface area contributed by atoms with Gasteiger partial charge in [0.15, 0.2) is 0 Å². The molecule has 1 aromatic rings. The number of aliphatic hydroxyl groups is 1. The third-order valence-electron chi connectivity index (χ3n) is 3.94.